The third kappa shape index (κ3) is 2.81. The minimum Gasteiger partial charge on any atom is -0.323 e. The van der Waals surface area contributed by atoms with Crippen LogP contribution in [0.1, 0.15) is 18.9 Å². The van der Waals surface area contributed by atoms with E-state index in [4.69, 9.17) is 5.73 Å². The summed E-state index contributed by atoms with van der Waals surface area (Å²) in [6.07, 6.45) is 3.97. The van der Waals surface area contributed by atoms with E-state index in [9.17, 15) is 4.79 Å². The standard InChI is InChI=1S/C10H15N3O/c1-3-9(11)10(14)13-8-4-7(2)5-12-6-8/h4-6,9H,3,11H2,1-2H3,(H,13,14)/t9-/m0/s1. The first-order chi connectivity index (χ1) is 6.63. The summed E-state index contributed by atoms with van der Waals surface area (Å²) in [4.78, 5) is 15.4. The molecule has 0 spiro atoms. The molecule has 0 bridgehead atoms. The highest BCUT2D eigenvalue weighted by Gasteiger charge is 2.10. The summed E-state index contributed by atoms with van der Waals surface area (Å²) in [6.45, 7) is 3.79. The highest BCUT2D eigenvalue weighted by Crippen LogP contribution is 2.07. The maximum Gasteiger partial charge on any atom is 0.241 e. The number of aryl methyl sites for hydroxylation is 1. The Kier molecular flexibility index (Phi) is 3.59. The maximum absolute atomic E-state index is 11.4. The lowest BCUT2D eigenvalue weighted by Crippen LogP contribution is -2.34. The van der Waals surface area contributed by atoms with Crippen LogP contribution in [0.25, 0.3) is 0 Å². The lowest BCUT2D eigenvalue weighted by Gasteiger charge is -2.09. The van der Waals surface area contributed by atoms with E-state index in [0.717, 1.165) is 5.56 Å². The summed E-state index contributed by atoms with van der Waals surface area (Å²) in [5, 5.41) is 2.71. The van der Waals surface area contributed by atoms with Gasteiger partial charge in [-0.05, 0) is 25.0 Å². The normalized spacial score (nSPS) is 12.2. The number of carbonyl (C=O) groups is 1. The Morgan fingerprint density at radius 2 is 2.36 bits per heavy atom. The molecular formula is C10H15N3O. The molecule has 0 unspecified atom stereocenters. The van der Waals surface area contributed by atoms with Gasteiger partial charge in [0.2, 0.25) is 5.91 Å². The molecule has 0 fully saturated rings. The number of nitrogens with two attached hydrogens (primary N) is 1. The molecule has 14 heavy (non-hydrogen) atoms. The largest absolute Gasteiger partial charge is 0.323 e. The predicted octanol–water partition coefficient (Wildman–Crippen LogP) is 1.07. The van der Waals surface area contributed by atoms with Crippen molar-refractivity contribution in [3.05, 3.63) is 24.0 Å². The first-order valence-corrected chi connectivity index (χ1v) is 4.61. The second-order valence-electron chi connectivity index (χ2n) is 3.25. The summed E-state index contributed by atoms with van der Waals surface area (Å²) in [6, 6.07) is 1.41. The molecule has 0 radical (unpaired) electrons. The van der Waals surface area contributed by atoms with E-state index < -0.39 is 6.04 Å². The van der Waals surface area contributed by atoms with Gasteiger partial charge in [0.1, 0.15) is 0 Å². The molecule has 1 atom stereocenters. The van der Waals surface area contributed by atoms with E-state index in [1.54, 1.807) is 12.4 Å². The monoisotopic (exact) mass is 193 g/mol. The highest BCUT2D eigenvalue weighted by molar-refractivity contribution is 5.94. The first-order valence-electron chi connectivity index (χ1n) is 4.61. The number of carbonyl (C=O) groups excluding carboxylic acids is 1. The number of nitrogens with one attached hydrogen (secondary N) is 1. The van der Waals surface area contributed by atoms with E-state index in [-0.39, 0.29) is 5.91 Å². The summed E-state index contributed by atoms with van der Waals surface area (Å²) < 4.78 is 0. The van der Waals surface area contributed by atoms with Gasteiger partial charge in [0, 0.05) is 6.20 Å². The van der Waals surface area contributed by atoms with Crippen LogP contribution in [0.5, 0.6) is 0 Å². The molecule has 0 aliphatic heterocycles. The van der Waals surface area contributed by atoms with Gasteiger partial charge < -0.3 is 11.1 Å². The maximum atomic E-state index is 11.4. The third-order valence-corrected chi connectivity index (χ3v) is 1.92. The molecule has 1 heterocycles. The second kappa shape index (κ2) is 4.72. The molecule has 0 saturated heterocycles. The Morgan fingerprint density at radius 1 is 1.64 bits per heavy atom. The minimum absolute atomic E-state index is 0.167. The van der Waals surface area contributed by atoms with Gasteiger partial charge >= 0.3 is 0 Å². The van der Waals surface area contributed by atoms with Crippen LogP contribution in [0.2, 0.25) is 0 Å². The fourth-order valence-electron chi connectivity index (χ4n) is 1.04. The van der Waals surface area contributed by atoms with Crippen molar-refractivity contribution in [2.75, 3.05) is 5.32 Å². The Morgan fingerprint density at radius 3 is 2.93 bits per heavy atom. The molecule has 76 valence electrons. The van der Waals surface area contributed by atoms with E-state index in [1.807, 2.05) is 19.9 Å². The first kappa shape index (κ1) is 10.7. The number of amides is 1. The average molecular weight is 193 g/mol. The fraction of sp³-hybridized carbons (Fsp3) is 0.400. The van der Waals surface area contributed by atoms with E-state index in [2.05, 4.69) is 10.3 Å². The zero-order valence-electron chi connectivity index (χ0n) is 8.45. The van der Waals surface area contributed by atoms with E-state index in [0.29, 0.717) is 12.1 Å². The van der Waals surface area contributed by atoms with Gasteiger partial charge in [-0.2, -0.15) is 0 Å². The zero-order chi connectivity index (χ0) is 10.6. The van der Waals surface area contributed by atoms with Gasteiger partial charge in [0.05, 0.1) is 17.9 Å². The number of nitrogens with zero attached hydrogens (tertiary/aromatic N) is 1. The summed E-state index contributed by atoms with van der Waals surface area (Å²) >= 11 is 0. The number of anilines is 1. The van der Waals surface area contributed by atoms with Crippen LogP contribution in [0, 0.1) is 6.92 Å². The molecule has 0 saturated carbocycles. The van der Waals surface area contributed by atoms with Crippen LogP contribution < -0.4 is 11.1 Å². The quantitative estimate of drug-likeness (QED) is 0.754. The van der Waals surface area contributed by atoms with E-state index >= 15 is 0 Å². The molecule has 1 aromatic rings. The van der Waals surface area contributed by atoms with Crippen LogP contribution in [-0.2, 0) is 4.79 Å². The van der Waals surface area contributed by atoms with Gasteiger partial charge in [0.25, 0.3) is 0 Å². The van der Waals surface area contributed by atoms with Gasteiger partial charge in [0.15, 0.2) is 0 Å². The zero-order valence-corrected chi connectivity index (χ0v) is 8.45. The van der Waals surface area contributed by atoms with Crippen molar-refractivity contribution in [2.45, 2.75) is 26.3 Å². The summed E-state index contributed by atoms with van der Waals surface area (Å²) in [5.41, 5.74) is 7.27. The Balaban J connectivity index is 2.65. The van der Waals surface area contributed by atoms with Crippen molar-refractivity contribution >= 4 is 11.6 Å². The molecule has 4 heteroatoms. The van der Waals surface area contributed by atoms with E-state index in [1.165, 1.54) is 0 Å². The lowest BCUT2D eigenvalue weighted by atomic mass is 10.2. The highest BCUT2D eigenvalue weighted by atomic mass is 16.2. The Labute approximate surface area is 83.5 Å². The number of rotatable bonds is 3. The number of hydrogen-bond acceptors (Lipinski definition) is 3. The molecule has 0 aromatic carbocycles. The van der Waals surface area contributed by atoms with Gasteiger partial charge in [-0.25, -0.2) is 0 Å². The van der Waals surface area contributed by atoms with Crippen molar-refractivity contribution in [1.29, 1.82) is 0 Å². The SMILES string of the molecule is CC[C@H](N)C(=O)Nc1cncc(C)c1. The van der Waals surface area contributed by atoms with Crippen LogP contribution >= 0.6 is 0 Å². The number of aromatic nitrogens is 1. The molecule has 1 amide bonds. The van der Waals surface area contributed by atoms with Crippen molar-refractivity contribution < 1.29 is 4.79 Å². The number of hydrogen-bond donors (Lipinski definition) is 2. The molecule has 0 aliphatic carbocycles. The number of pyridine rings is 1. The van der Waals surface area contributed by atoms with Gasteiger partial charge in [-0.3, -0.25) is 9.78 Å². The molecule has 1 aromatic heterocycles. The fourth-order valence-corrected chi connectivity index (χ4v) is 1.04. The van der Waals surface area contributed by atoms with Crippen LogP contribution in [0.15, 0.2) is 18.5 Å². The second-order valence-corrected chi connectivity index (χ2v) is 3.25. The molecule has 4 nitrogen and oxygen atoms in total. The Hall–Kier alpha value is -1.42. The smallest absolute Gasteiger partial charge is 0.241 e. The summed E-state index contributed by atoms with van der Waals surface area (Å²) in [7, 11) is 0. The average Bonchev–Trinajstić information content (AvgIpc) is 2.16. The molecule has 1 rings (SSSR count). The van der Waals surface area contributed by atoms with Gasteiger partial charge in [-0.15, -0.1) is 0 Å². The van der Waals surface area contributed by atoms with Crippen molar-refractivity contribution in [3.63, 3.8) is 0 Å². The minimum atomic E-state index is -0.449. The Bertz CT molecular complexity index is 325. The predicted molar refractivity (Wildman–Crippen MR) is 55.9 cm³/mol. The molecule has 0 aliphatic rings. The van der Waals surface area contributed by atoms with Crippen LogP contribution in [0.4, 0.5) is 5.69 Å². The van der Waals surface area contributed by atoms with Crippen molar-refractivity contribution in [2.24, 2.45) is 5.73 Å². The van der Waals surface area contributed by atoms with Crippen molar-refractivity contribution in [3.8, 4) is 0 Å². The third-order valence-electron chi connectivity index (χ3n) is 1.92. The van der Waals surface area contributed by atoms with Crippen LogP contribution in [-0.4, -0.2) is 16.9 Å². The molecule has 3 N–H and O–H groups in total. The van der Waals surface area contributed by atoms with Crippen LogP contribution in [0.3, 0.4) is 0 Å². The lowest BCUT2D eigenvalue weighted by molar-refractivity contribution is -0.117. The van der Waals surface area contributed by atoms with Crippen molar-refractivity contribution in [1.82, 2.24) is 4.98 Å². The summed E-state index contributed by atoms with van der Waals surface area (Å²) in [5.74, 6) is -0.167. The topological polar surface area (TPSA) is 68.0 Å². The van der Waals surface area contributed by atoms with Gasteiger partial charge in [-0.1, -0.05) is 6.92 Å². The molecular weight excluding hydrogens is 178 g/mol.